The average molecular weight is 263 g/mol. The van der Waals surface area contributed by atoms with Gasteiger partial charge in [0.15, 0.2) is 0 Å². The van der Waals surface area contributed by atoms with Gasteiger partial charge in [-0.05, 0) is 38.3 Å². The highest BCUT2D eigenvalue weighted by molar-refractivity contribution is 5.37. The summed E-state index contributed by atoms with van der Waals surface area (Å²) < 4.78 is 11.6. The van der Waals surface area contributed by atoms with Crippen LogP contribution in [0.3, 0.4) is 0 Å². The summed E-state index contributed by atoms with van der Waals surface area (Å²) in [6, 6.07) is 8.49. The summed E-state index contributed by atoms with van der Waals surface area (Å²) in [6.07, 6.45) is 3.80. The normalized spacial score (nSPS) is 18.1. The fourth-order valence-electron chi connectivity index (χ4n) is 2.60. The Hall–Kier alpha value is -1.06. The standard InChI is InChI=1S/C16H25NO2/c1-4-11-19-14-8-6-5-7-13(14)15(17-2)16(18-3)12-9-10-12/h5-8,12,15-17H,4,9-11H2,1-3H3. The fraction of sp³-hybridized carbons (Fsp3) is 0.625. The monoisotopic (exact) mass is 263 g/mol. The van der Waals surface area contributed by atoms with Gasteiger partial charge in [-0.3, -0.25) is 0 Å². The molecule has 0 saturated heterocycles. The number of likely N-dealkylation sites (N-methyl/N-ethyl adjacent to an activating group) is 1. The third kappa shape index (κ3) is 3.48. The smallest absolute Gasteiger partial charge is 0.124 e. The molecule has 1 aromatic rings. The van der Waals surface area contributed by atoms with Crippen molar-refractivity contribution in [1.82, 2.24) is 5.32 Å². The van der Waals surface area contributed by atoms with Crippen LogP contribution in [0.5, 0.6) is 5.75 Å². The van der Waals surface area contributed by atoms with E-state index in [1.165, 1.54) is 18.4 Å². The maximum atomic E-state index is 5.87. The van der Waals surface area contributed by atoms with Crippen molar-refractivity contribution in [2.24, 2.45) is 5.92 Å². The minimum absolute atomic E-state index is 0.200. The molecule has 1 fully saturated rings. The Morgan fingerprint density at radius 3 is 2.63 bits per heavy atom. The molecular formula is C16H25NO2. The molecule has 0 heterocycles. The van der Waals surface area contributed by atoms with Gasteiger partial charge in [-0.2, -0.15) is 0 Å². The molecule has 1 aliphatic carbocycles. The van der Waals surface area contributed by atoms with E-state index < -0.39 is 0 Å². The highest BCUT2D eigenvalue weighted by Gasteiger charge is 2.37. The van der Waals surface area contributed by atoms with Crippen molar-refractivity contribution in [2.45, 2.75) is 38.3 Å². The van der Waals surface area contributed by atoms with Crippen molar-refractivity contribution >= 4 is 0 Å². The molecule has 0 bridgehead atoms. The van der Waals surface area contributed by atoms with Crippen LogP contribution in [0.25, 0.3) is 0 Å². The molecule has 1 N–H and O–H groups in total. The van der Waals surface area contributed by atoms with E-state index in [1.807, 2.05) is 20.2 Å². The topological polar surface area (TPSA) is 30.5 Å². The molecule has 0 spiro atoms. The Morgan fingerprint density at radius 1 is 1.32 bits per heavy atom. The lowest BCUT2D eigenvalue weighted by atomic mass is 9.97. The molecule has 2 unspecified atom stereocenters. The molecule has 0 amide bonds. The van der Waals surface area contributed by atoms with Gasteiger partial charge in [-0.25, -0.2) is 0 Å². The number of nitrogens with one attached hydrogen (secondary N) is 1. The largest absolute Gasteiger partial charge is 0.493 e. The van der Waals surface area contributed by atoms with Gasteiger partial charge in [0.05, 0.1) is 18.8 Å². The second-order valence-corrected chi connectivity index (χ2v) is 5.19. The molecule has 0 aromatic heterocycles. The van der Waals surface area contributed by atoms with Gasteiger partial charge >= 0.3 is 0 Å². The predicted molar refractivity (Wildman–Crippen MR) is 77.5 cm³/mol. The number of hydrogen-bond acceptors (Lipinski definition) is 3. The van der Waals surface area contributed by atoms with E-state index in [1.54, 1.807) is 0 Å². The van der Waals surface area contributed by atoms with Crippen molar-refractivity contribution in [3.8, 4) is 5.75 Å². The molecule has 0 aliphatic heterocycles. The van der Waals surface area contributed by atoms with Crippen molar-refractivity contribution in [1.29, 1.82) is 0 Å². The van der Waals surface area contributed by atoms with E-state index in [4.69, 9.17) is 9.47 Å². The van der Waals surface area contributed by atoms with Gasteiger partial charge in [0, 0.05) is 12.7 Å². The first kappa shape index (κ1) is 14.4. The van der Waals surface area contributed by atoms with Gasteiger partial charge in [-0.15, -0.1) is 0 Å². The summed E-state index contributed by atoms with van der Waals surface area (Å²) in [7, 11) is 3.80. The molecule has 3 heteroatoms. The lowest BCUT2D eigenvalue weighted by molar-refractivity contribution is 0.0521. The number of rotatable bonds is 8. The lowest BCUT2D eigenvalue weighted by Crippen LogP contribution is -2.33. The molecule has 1 saturated carbocycles. The molecular weight excluding hydrogens is 238 g/mol. The summed E-state index contributed by atoms with van der Waals surface area (Å²) in [5, 5.41) is 3.40. The van der Waals surface area contributed by atoms with E-state index in [0.717, 1.165) is 18.8 Å². The fourth-order valence-corrected chi connectivity index (χ4v) is 2.60. The van der Waals surface area contributed by atoms with Crippen LogP contribution in [0.4, 0.5) is 0 Å². The Kier molecular flexibility index (Phi) is 5.23. The van der Waals surface area contributed by atoms with E-state index >= 15 is 0 Å². The van der Waals surface area contributed by atoms with Crippen molar-refractivity contribution in [2.75, 3.05) is 20.8 Å². The van der Waals surface area contributed by atoms with E-state index in [-0.39, 0.29) is 12.1 Å². The molecule has 1 aliphatic rings. The van der Waals surface area contributed by atoms with E-state index in [9.17, 15) is 0 Å². The van der Waals surface area contributed by atoms with E-state index in [2.05, 4.69) is 30.4 Å². The highest BCUT2D eigenvalue weighted by Crippen LogP contribution is 2.41. The minimum atomic E-state index is 0.200. The Morgan fingerprint density at radius 2 is 2.05 bits per heavy atom. The maximum absolute atomic E-state index is 5.87. The van der Waals surface area contributed by atoms with Gasteiger partial charge in [0.25, 0.3) is 0 Å². The van der Waals surface area contributed by atoms with Crippen molar-refractivity contribution in [3.63, 3.8) is 0 Å². The van der Waals surface area contributed by atoms with Gasteiger partial charge in [0.2, 0.25) is 0 Å². The summed E-state index contributed by atoms with van der Waals surface area (Å²) >= 11 is 0. The van der Waals surface area contributed by atoms with Crippen LogP contribution >= 0.6 is 0 Å². The molecule has 0 radical (unpaired) electrons. The van der Waals surface area contributed by atoms with Crippen LogP contribution in [-0.2, 0) is 4.74 Å². The minimum Gasteiger partial charge on any atom is -0.493 e. The van der Waals surface area contributed by atoms with Crippen molar-refractivity contribution < 1.29 is 9.47 Å². The first-order valence-corrected chi connectivity index (χ1v) is 7.23. The van der Waals surface area contributed by atoms with Crippen LogP contribution in [0, 0.1) is 5.92 Å². The Bertz CT molecular complexity index is 390. The van der Waals surface area contributed by atoms with Crippen LogP contribution in [-0.4, -0.2) is 26.9 Å². The van der Waals surface area contributed by atoms with E-state index in [0.29, 0.717) is 5.92 Å². The molecule has 3 nitrogen and oxygen atoms in total. The second kappa shape index (κ2) is 6.92. The van der Waals surface area contributed by atoms with Gasteiger partial charge in [-0.1, -0.05) is 25.1 Å². The zero-order chi connectivity index (χ0) is 13.7. The average Bonchev–Trinajstić information content (AvgIpc) is 3.27. The number of para-hydroxylation sites is 1. The van der Waals surface area contributed by atoms with Crippen molar-refractivity contribution in [3.05, 3.63) is 29.8 Å². The lowest BCUT2D eigenvalue weighted by Gasteiger charge is -2.27. The SMILES string of the molecule is CCCOc1ccccc1C(NC)C(OC)C1CC1. The van der Waals surface area contributed by atoms with Crippen LogP contribution in [0.2, 0.25) is 0 Å². The third-order valence-electron chi connectivity index (χ3n) is 3.71. The molecule has 1 aromatic carbocycles. The Labute approximate surface area is 116 Å². The molecule has 19 heavy (non-hydrogen) atoms. The van der Waals surface area contributed by atoms with Crippen LogP contribution in [0.1, 0.15) is 37.8 Å². The van der Waals surface area contributed by atoms with Gasteiger partial charge in [0.1, 0.15) is 5.75 Å². The first-order chi connectivity index (χ1) is 9.31. The maximum Gasteiger partial charge on any atom is 0.124 e. The zero-order valence-electron chi connectivity index (χ0n) is 12.2. The van der Waals surface area contributed by atoms with Gasteiger partial charge < -0.3 is 14.8 Å². The molecule has 106 valence electrons. The summed E-state index contributed by atoms with van der Waals surface area (Å²) in [5.41, 5.74) is 1.21. The molecule has 2 rings (SSSR count). The summed E-state index contributed by atoms with van der Waals surface area (Å²) in [5.74, 6) is 1.66. The Balaban J connectivity index is 2.20. The summed E-state index contributed by atoms with van der Waals surface area (Å²) in [6.45, 7) is 2.88. The summed E-state index contributed by atoms with van der Waals surface area (Å²) in [4.78, 5) is 0. The second-order valence-electron chi connectivity index (χ2n) is 5.19. The molecule has 2 atom stereocenters. The highest BCUT2D eigenvalue weighted by atomic mass is 16.5. The third-order valence-corrected chi connectivity index (χ3v) is 3.71. The number of hydrogen-bond donors (Lipinski definition) is 1. The first-order valence-electron chi connectivity index (χ1n) is 7.23. The number of benzene rings is 1. The predicted octanol–water partition coefficient (Wildman–Crippen LogP) is 3.16. The quantitative estimate of drug-likeness (QED) is 0.781. The number of ether oxygens (including phenoxy) is 2. The van der Waals surface area contributed by atoms with Crippen LogP contribution < -0.4 is 10.1 Å². The van der Waals surface area contributed by atoms with Crippen LogP contribution in [0.15, 0.2) is 24.3 Å². The zero-order valence-corrected chi connectivity index (χ0v) is 12.2. The number of methoxy groups -OCH3 is 1.